The summed E-state index contributed by atoms with van der Waals surface area (Å²) in [6, 6.07) is 1.66. The van der Waals surface area contributed by atoms with Crippen molar-refractivity contribution < 1.29 is 53.9 Å². The highest BCUT2D eigenvalue weighted by atomic mass is 19.4. The summed E-state index contributed by atoms with van der Waals surface area (Å²) in [5.41, 5.74) is 0.127. The number of fused-ring (bicyclic) bond motifs is 6. The molecule has 3 aliphatic heterocycles. The molecule has 1 aromatic heterocycles. The number of amides is 4. The SMILES string of the molecule is N#Cc1ccc(N2C(=O)[C@@H]3C4C[C@H](CN4C(=O)C(F)(F)C(F)(F)C(F)(F)C(F)(F)F)N3C2=O)c2cccnc12. The van der Waals surface area contributed by atoms with Crippen LogP contribution in [0.15, 0.2) is 30.5 Å². The first-order chi connectivity index (χ1) is 18.0. The molecular formula is C22H12F9N5O3. The number of hydrogen-bond donors (Lipinski definition) is 0. The lowest BCUT2D eigenvalue weighted by Gasteiger charge is -2.39. The molecule has 0 aliphatic carbocycles. The second kappa shape index (κ2) is 7.96. The standard InChI is InChI=1S/C22H12F9N5O3/c23-19(24,20(25,26)21(27,28)22(29,30)31)17(38)34-8-10-6-13(34)15-16(37)36(18(39)35(10)15)12-4-3-9(7-32)14-11(12)2-1-5-33-14/h1-5,10,13,15H,6,8H2/t10-,13?,15+/m1/s1. The smallest absolute Gasteiger partial charge is 0.330 e. The van der Waals surface area contributed by atoms with Gasteiger partial charge in [0.1, 0.15) is 12.1 Å². The van der Waals surface area contributed by atoms with Crippen molar-refractivity contribution in [2.75, 3.05) is 11.4 Å². The molecule has 1 aromatic carbocycles. The first-order valence-electron chi connectivity index (χ1n) is 10.9. The van der Waals surface area contributed by atoms with E-state index in [2.05, 4.69) is 4.98 Å². The van der Waals surface area contributed by atoms with E-state index in [0.717, 1.165) is 4.90 Å². The highest BCUT2D eigenvalue weighted by Crippen LogP contribution is 2.54. The van der Waals surface area contributed by atoms with Crippen LogP contribution in [-0.4, -0.2) is 81.2 Å². The number of carbonyl (C=O) groups is 3. The zero-order valence-corrected chi connectivity index (χ0v) is 18.9. The summed E-state index contributed by atoms with van der Waals surface area (Å²) < 4.78 is 121. The fourth-order valence-electron chi connectivity index (χ4n) is 5.25. The van der Waals surface area contributed by atoms with E-state index in [9.17, 15) is 59.2 Å². The molecule has 206 valence electrons. The van der Waals surface area contributed by atoms with Crippen LogP contribution in [0.25, 0.3) is 10.9 Å². The van der Waals surface area contributed by atoms with E-state index in [0.29, 0.717) is 4.90 Å². The van der Waals surface area contributed by atoms with E-state index < -0.39 is 66.5 Å². The van der Waals surface area contributed by atoms with Crippen molar-refractivity contribution in [1.29, 1.82) is 5.26 Å². The number of urea groups is 1. The zero-order valence-electron chi connectivity index (χ0n) is 18.9. The molecule has 0 spiro atoms. The number of piperazine rings is 1. The molecule has 2 bridgehead atoms. The number of anilines is 1. The molecule has 8 nitrogen and oxygen atoms in total. The lowest BCUT2D eigenvalue weighted by atomic mass is 10.0. The predicted octanol–water partition coefficient (Wildman–Crippen LogP) is 3.69. The monoisotopic (exact) mass is 565 g/mol. The van der Waals surface area contributed by atoms with Crippen LogP contribution in [0.5, 0.6) is 0 Å². The molecule has 0 saturated carbocycles. The van der Waals surface area contributed by atoms with Gasteiger partial charge in [-0.15, -0.1) is 0 Å². The number of pyridine rings is 1. The van der Waals surface area contributed by atoms with Gasteiger partial charge in [0, 0.05) is 18.1 Å². The van der Waals surface area contributed by atoms with E-state index in [1.165, 1.54) is 30.5 Å². The van der Waals surface area contributed by atoms with Gasteiger partial charge in [0.15, 0.2) is 0 Å². The Kier molecular flexibility index (Phi) is 5.41. The van der Waals surface area contributed by atoms with Crippen LogP contribution in [0.2, 0.25) is 0 Å². The van der Waals surface area contributed by atoms with Crippen molar-refractivity contribution in [3.8, 4) is 6.07 Å². The number of rotatable bonds is 4. The molecule has 4 amide bonds. The molecule has 3 saturated heterocycles. The summed E-state index contributed by atoms with van der Waals surface area (Å²) in [7, 11) is 0. The molecule has 0 radical (unpaired) electrons. The van der Waals surface area contributed by atoms with Gasteiger partial charge in [-0.3, -0.25) is 14.6 Å². The van der Waals surface area contributed by atoms with Crippen LogP contribution < -0.4 is 4.90 Å². The Labute approximate surface area is 211 Å². The molecular weight excluding hydrogens is 553 g/mol. The Morgan fingerprint density at radius 2 is 1.67 bits per heavy atom. The van der Waals surface area contributed by atoms with E-state index >= 15 is 0 Å². The summed E-state index contributed by atoms with van der Waals surface area (Å²) in [5.74, 6) is -25.1. The highest BCUT2D eigenvalue weighted by Gasteiger charge is 2.84. The van der Waals surface area contributed by atoms with Crippen molar-refractivity contribution in [2.45, 2.75) is 48.5 Å². The van der Waals surface area contributed by atoms with E-state index in [-0.39, 0.29) is 33.5 Å². The van der Waals surface area contributed by atoms with Crippen LogP contribution >= 0.6 is 0 Å². The molecule has 1 unspecified atom stereocenters. The van der Waals surface area contributed by atoms with Gasteiger partial charge in [0.2, 0.25) is 0 Å². The Hall–Kier alpha value is -4.10. The highest BCUT2D eigenvalue weighted by molar-refractivity contribution is 6.25. The van der Waals surface area contributed by atoms with Gasteiger partial charge in [0.25, 0.3) is 11.8 Å². The lowest BCUT2D eigenvalue weighted by molar-refractivity contribution is -0.389. The number of halogens is 9. The number of carbonyl (C=O) groups excluding carboxylic acids is 3. The van der Waals surface area contributed by atoms with Crippen LogP contribution in [0.4, 0.5) is 50.0 Å². The summed E-state index contributed by atoms with van der Waals surface area (Å²) in [5, 5.41) is 9.46. The summed E-state index contributed by atoms with van der Waals surface area (Å²) in [4.78, 5) is 44.4. The summed E-state index contributed by atoms with van der Waals surface area (Å²) >= 11 is 0. The fourth-order valence-corrected chi connectivity index (χ4v) is 5.25. The number of hydrogen-bond acceptors (Lipinski definition) is 5. The Morgan fingerprint density at radius 1 is 1.00 bits per heavy atom. The normalized spacial score (nSPS) is 23.6. The van der Waals surface area contributed by atoms with Gasteiger partial charge < -0.3 is 9.80 Å². The maximum atomic E-state index is 14.4. The van der Waals surface area contributed by atoms with Gasteiger partial charge in [-0.1, -0.05) is 0 Å². The lowest BCUT2D eigenvalue weighted by Crippen LogP contribution is -2.67. The molecule has 3 atom stereocenters. The zero-order chi connectivity index (χ0) is 28.9. The number of nitriles is 1. The van der Waals surface area contributed by atoms with Crippen molar-refractivity contribution in [3.05, 3.63) is 36.0 Å². The second-order valence-corrected chi connectivity index (χ2v) is 9.09. The summed E-state index contributed by atoms with van der Waals surface area (Å²) in [6.07, 6.45) is -6.15. The molecule has 4 heterocycles. The van der Waals surface area contributed by atoms with Gasteiger partial charge >= 0.3 is 30.0 Å². The molecule has 3 fully saturated rings. The molecule has 2 aromatic rings. The number of benzene rings is 1. The number of likely N-dealkylation sites (tertiary alicyclic amines) is 1. The van der Waals surface area contributed by atoms with Gasteiger partial charge in [-0.25, -0.2) is 9.69 Å². The number of aromatic nitrogens is 1. The van der Waals surface area contributed by atoms with E-state index in [4.69, 9.17) is 0 Å². The minimum Gasteiger partial charge on any atom is -0.330 e. The quantitative estimate of drug-likeness (QED) is 0.416. The van der Waals surface area contributed by atoms with Crippen molar-refractivity contribution >= 4 is 34.4 Å². The first-order valence-corrected chi connectivity index (χ1v) is 10.9. The molecule has 17 heteroatoms. The van der Waals surface area contributed by atoms with Crippen molar-refractivity contribution in [2.24, 2.45) is 0 Å². The Bertz CT molecular complexity index is 1470. The van der Waals surface area contributed by atoms with Gasteiger partial charge in [0.05, 0.1) is 28.9 Å². The third-order valence-corrected chi connectivity index (χ3v) is 7.05. The second-order valence-electron chi connectivity index (χ2n) is 9.09. The van der Waals surface area contributed by atoms with Crippen LogP contribution in [0.1, 0.15) is 12.0 Å². The number of alkyl halides is 9. The average Bonchev–Trinajstić information content (AvgIpc) is 3.53. The van der Waals surface area contributed by atoms with Crippen molar-refractivity contribution in [3.63, 3.8) is 0 Å². The maximum absolute atomic E-state index is 14.4. The van der Waals surface area contributed by atoms with Gasteiger partial charge in [-0.2, -0.15) is 44.8 Å². The number of imide groups is 1. The van der Waals surface area contributed by atoms with Gasteiger partial charge in [-0.05, 0) is 30.7 Å². The minimum absolute atomic E-state index is 0.0562. The van der Waals surface area contributed by atoms with Crippen LogP contribution in [0.3, 0.4) is 0 Å². The maximum Gasteiger partial charge on any atom is 0.460 e. The topological polar surface area (TPSA) is 97.6 Å². The average molecular weight is 565 g/mol. The van der Waals surface area contributed by atoms with Crippen molar-refractivity contribution in [1.82, 2.24) is 14.8 Å². The summed E-state index contributed by atoms with van der Waals surface area (Å²) in [6.45, 7) is -0.911. The third-order valence-electron chi connectivity index (χ3n) is 7.05. The Morgan fingerprint density at radius 3 is 2.28 bits per heavy atom. The van der Waals surface area contributed by atoms with Crippen LogP contribution in [-0.2, 0) is 9.59 Å². The largest absolute Gasteiger partial charge is 0.460 e. The third kappa shape index (κ3) is 3.26. The first kappa shape index (κ1) is 26.5. The predicted molar refractivity (Wildman–Crippen MR) is 110 cm³/mol. The minimum atomic E-state index is -7.26. The number of nitrogens with zero attached hydrogens (tertiary/aromatic N) is 5. The fraction of sp³-hybridized carbons (Fsp3) is 0.409. The van der Waals surface area contributed by atoms with Crippen LogP contribution in [0, 0.1) is 11.3 Å². The molecule has 39 heavy (non-hydrogen) atoms. The molecule has 3 aliphatic rings. The van der Waals surface area contributed by atoms with E-state index in [1.807, 2.05) is 6.07 Å². The molecule has 0 N–H and O–H groups in total. The Balaban J connectivity index is 1.48. The molecule has 5 rings (SSSR count). The van der Waals surface area contributed by atoms with E-state index in [1.54, 1.807) is 0 Å².